The largest absolute Gasteiger partial charge is 0.396 e. The Balaban J connectivity index is 2.53. The van der Waals surface area contributed by atoms with Crippen LogP contribution in [-0.2, 0) is 10.8 Å². The van der Waals surface area contributed by atoms with Gasteiger partial charge in [-0.25, -0.2) is 4.39 Å². The van der Waals surface area contributed by atoms with E-state index in [1.165, 1.54) is 12.1 Å². The summed E-state index contributed by atoms with van der Waals surface area (Å²) in [4.78, 5) is 0.448. The van der Waals surface area contributed by atoms with Crippen LogP contribution in [0.4, 0.5) is 10.1 Å². The van der Waals surface area contributed by atoms with E-state index in [1.54, 1.807) is 6.07 Å². The maximum absolute atomic E-state index is 13.1. The van der Waals surface area contributed by atoms with Gasteiger partial charge in [-0.15, -0.1) is 0 Å². The summed E-state index contributed by atoms with van der Waals surface area (Å²) in [5.74, 6) is -0.0896. The van der Waals surface area contributed by atoms with Crippen LogP contribution in [0.25, 0.3) is 0 Å². The molecule has 1 aromatic carbocycles. The third kappa shape index (κ3) is 3.63. The summed E-state index contributed by atoms with van der Waals surface area (Å²) in [6, 6.07) is 6.21. The fourth-order valence-corrected chi connectivity index (χ4v) is 2.36. The molecule has 0 spiro atoms. The molecule has 1 rings (SSSR count). The summed E-state index contributed by atoms with van der Waals surface area (Å²) in [5, 5.41) is 8.33. The quantitative estimate of drug-likeness (QED) is 0.633. The van der Waals surface area contributed by atoms with Crippen LogP contribution >= 0.6 is 0 Å². The number of hydrogen-bond donors (Lipinski definition) is 1. The number of rotatable bonds is 5. The van der Waals surface area contributed by atoms with Gasteiger partial charge in [0.05, 0.1) is 22.6 Å². The minimum absolute atomic E-state index is 0.0604. The number of unbranched alkanes of at least 4 members (excludes halogenated alkanes) is 2. The lowest BCUT2D eigenvalue weighted by atomic mass is 10.3. The first-order valence-corrected chi connectivity index (χ1v) is 6.27. The van der Waals surface area contributed by atoms with E-state index in [0.717, 1.165) is 6.42 Å². The van der Waals surface area contributed by atoms with Gasteiger partial charge in [0, 0.05) is 17.1 Å². The molecule has 0 heterocycles. The van der Waals surface area contributed by atoms with Crippen LogP contribution in [0, 0.1) is 17.1 Å². The zero-order chi connectivity index (χ0) is 12.0. The molecule has 16 heavy (non-hydrogen) atoms. The Morgan fingerprint density at radius 1 is 1.44 bits per heavy atom. The summed E-state index contributed by atoms with van der Waals surface area (Å²) in [7, 11) is -1.21. The maximum atomic E-state index is 13.1. The van der Waals surface area contributed by atoms with Crippen molar-refractivity contribution in [2.45, 2.75) is 24.2 Å². The van der Waals surface area contributed by atoms with E-state index >= 15 is 0 Å². The second-order valence-corrected chi connectivity index (χ2v) is 4.92. The molecule has 0 aliphatic rings. The van der Waals surface area contributed by atoms with Crippen molar-refractivity contribution in [3.8, 4) is 6.07 Å². The lowest BCUT2D eigenvalue weighted by Crippen LogP contribution is -2.00. The molecule has 5 heteroatoms. The van der Waals surface area contributed by atoms with Gasteiger partial charge in [0.2, 0.25) is 0 Å². The average molecular weight is 240 g/mol. The molecule has 1 atom stereocenters. The number of nitrogens with zero attached hydrogens (tertiary/aromatic N) is 1. The summed E-state index contributed by atoms with van der Waals surface area (Å²) >= 11 is 0. The van der Waals surface area contributed by atoms with E-state index in [4.69, 9.17) is 11.0 Å². The van der Waals surface area contributed by atoms with Gasteiger partial charge in [0.1, 0.15) is 5.82 Å². The molecular formula is C11H13FN2OS. The molecule has 0 aromatic heterocycles. The van der Waals surface area contributed by atoms with Gasteiger partial charge < -0.3 is 5.73 Å². The zero-order valence-electron chi connectivity index (χ0n) is 8.78. The van der Waals surface area contributed by atoms with Crippen LogP contribution < -0.4 is 5.73 Å². The van der Waals surface area contributed by atoms with E-state index in [2.05, 4.69) is 0 Å². The smallest absolute Gasteiger partial charge is 0.147 e. The predicted octanol–water partition coefficient (Wildman–Crippen LogP) is 2.21. The van der Waals surface area contributed by atoms with Crippen LogP contribution in [0.15, 0.2) is 23.1 Å². The normalized spacial score (nSPS) is 12.0. The summed E-state index contributed by atoms with van der Waals surface area (Å²) in [6.07, 6.45) is 1.89. The van der Waals surface area contributed by atoms with Crippen LogP contribution in [0.1, 0.15) is 19.3 Å². The highest BCUT2D eigenvalue weighted by atomic mass is 32.2. The molecule has 0 saturated heterocycles. The van der Waals surface area contributed by atoms with Gasteiger partial charge in [-0.05, 0) is 31.0 Å². The second-order valence-electron chi connectivity index (χ2n) is 3.35. The Hall–Kier alpha value is -1.41. The van der Waals surface area contributed by atoms with Gasteiger partial charge in [-0.3, -0.25) is 4.21 Å². The number of nitrogen functional groups attached to an aromatic ring is 1. The third-order valence-electron chi connectivity index (χ3n) is 2.10. The van der Waals surface area contributed by atoms with Crippen LogP contribution in [-0.4, -0.2) is 9.96 Å². The third-order valence-corrected chi connectivity index (χ3v) is 3.54. The SMILES string of the molecule is N#CCCCCS(=O)c1ccc(N)c(F)c1. The van der Waals surface area contributed by atoms with Crippen LogP contribution in [0.3, 0.4) is 0 Å². The fourth-order valence-electron chi connectivity index (χ4n) is 1.20. The van der Waals surface area contributed by atoms with Crippen molar-refractivity contribution < 1.29 is 8.60 Å². The van der Waals surface area contributed by atoms with Crippen LogP contribution in [0.5, 0.6) is 0 Å². The molecule has 1 unspecified atom stereocenters. The molecule has 3 nitrogen and oxygen atoms in total. The van der Waals surface area contributed by atoms with Gasteiger partial charge in [-0.1, -0.05) is 0 Å². The number of hydrogen-bond acceptors (Lipinski definition) is 3. The van der Waals surface area contributed by atoms with Crippen molar-refractivity contribution in [2.75, 3.05) is 11.5 Å². The number of anilines is 1. The Morgan fingerprint density at radius 3 is 2.81 bits per heavy atom. The highest BCUT2D eigenvalue weighted by molar-refractivity contribution is 7.85. The van der Waals surface area contributed by atoms with Gasteiger partial charge in [0.25, 0.3) is 0 Å². The lowest BCUT2D eigenvalue weighted by Gasteiger charge is -2.03. The van der Waals surface area contributed by atoms with Gasteiger partial charge in [-0.2, -0.15) is 5.26 Å². The minimum atomic E-state index is -1.21. The Bertz CT molecular complexity index is 428. The molecule has 0 saturated carbocycles. The van der Waals surface area contributed by atoms with E-state index in [9.17, 15) is 8.60 Å². The summed E-state index contributed by atoms with van der Waals surface area (Å²) < 4.78 is 24.8. The zero-order valence-corrected chi connectivity index (χ0v) is 9.60. The van der Waals surface area contributed by atoms with Crippen LogP contribution in [0.2, 0.25) is 0 Å². The molecular weight excluding hydrogens is 227 g/mol. The second kappa shape index (κ2) is 6.23. The van der Waals surface area contributed by atoms with E-state index in [-0.39, 0.29) is 5.69 Å². The molecule has 86 valence electrons. The number of nitriles is 1. The molecule has 0 radical (unpaired) electrons. The molecule has 0 aliphatic heterocycles. The molecule has 1 aromatic rings. The van der Waals surface area contributed by atoms with Gasteiger partial charge in [0.15, 0.2) is 0 Å². The predicted molar refractivity (Wildman–Crippen MR) is 61.6 cm³/mol. The van der Waals surface area contributed by atoms with E-state index in [0.29, 0.717) is 23.5 Å². The highest BCUT2D eigenvalue weighted by Crippen LogP contribution is 2.15. The standard InChI is InChI=1S/C11H13FN2OS/c12-10-8-9(4-5-11(10)14)16(15)7-3-1-2-6-13/h4-5,8H,1-3,7,14H2. The van der Waals surface area contributed by atoms with Crippen molar-refractivity contribution >= 4 is 16.5 Å². The fraction of sp³-hybridized carbons (Fsp3) is 0.364. The monoisotopic (exact) mass is 240 g/mol. The number of benzene rings is 1. The number of halogens is 1. The molecule has 0 amide bonds. The summed E-state index contributed by atoms with van der Waals surface area (Å²) in [6.45, 7) is 0. The maximum Gasteiger partial charge on any atom is 0.147 e. The van der Waals surface area contributed by atoms with E-state index < -0.39 is 16.6 Å². The first-order valence-electron chi connectivity index (χ1n) is 4.95. The molecule has 0 aliphatic carbocycles. The van der Waals surface area contributed by atoms with Crippen molar-refractivity contribution in [2.24, 2.45) is 0 Å². The molecule has 2 N–H and O–H groups in total. The van der Waals surface area contributed by atoms with E-state index in [1.807, 2.05) is 6.07 Å². The molecule has 0 bridgehead atoms. The average Bonchev–Trinajstić information content (AvgIpc) is 2.28. The first-order chi connectivity index (χ1) is 7.65. The molecule has 0 fully saturated rings. The Kier molecular flexibility index (Phi) is 4.93. The van der Waals surface area contributed by atoms with Crippen molar-refractivity contribution in [3.05, 3.63) is 24.0 Å². The Morgan fingerprint density at radius 2 is 2.19 bits per heavy atom. The van der Waals surface area contributed by atoms with Crippen molar-refractivity contribution in [1.29, 1.82) is 5.26 Å². The highest BCUT2D eigenvalue weighted by Gasteiger charge is 2.06. The topological polar surface area (TPSA) is 66.9 Å². The lowest BCUT2D eigenvalue weighted by molar-refractivity contribution is 0.627. The number of nitrogens with two attached hydrogens (primary N) is 1. The minimum Gasteiger partial charge on any atom is -0.396 e. The first kappa shape index (κ1) is 12.7. The summed E-state index contributed by atoms with van der Waals surface area (Å²) in [5.41, 5.74) is 5.38. The van der Waals surface area contributed by atoms with Crippen molar-refractivity contribution in [1.82, 2.24) is 0 Å². The van der Waals surface area contributed by atoms with Gasteiger partial charge >= 0.3 is 0 Å². The Labute approximate surface area is 96.5 Å². The van der Waals surface area contributed by atoms with Crippen molar-refractivity contribution in [3.63, 3.8) is 0 Å².